The van der Waals surface area contributed by atoms with Crippen LogP contribution >= 0.6 is 11.6 Å². The van der Waals surface area contributed by atoms with Gasteiger partial charge in [-0.05, 0) is 18.6 Å². The molecule has 1 heterocycles. The molecular weight excluding hydrogens is 272 g/mol. The Bertz CT molecular complexity index is 583. The zero-order valence-electron chi connectivity index (χ0n) is 10.4. The molecule has 0 saturated carbocycles. The smallest absolute Gasteiger partial charge is 0.142 e. The highest BCUT2D eigenvalue weighted by molar-refractivity contribution is 6.30. The maximum Gasteiger partial charge on any atom is 0.142 e. The summed E-state index contributed by atoms with van der Waals surface area (Å²) in [6, 6.07) is 1.13. The van der Waals surface area contributed by atoms with Crippen LogP contribution in [-0.2, 0) is 6.54 Å². The number of benzene rings is 1. The van der Waals surface area contributed by atoms with E-state index in [1.165, 1.54) is 0 Å². The molecule has 1 aromatic heterocycles. The standard InChI is InChI=1S/C13H14ClF2N3/c1-2-4-19-5-3-18-13(19)12(17)8-6-11(16)9(14)7-10(8)15/h3,5-7,12H,2,4,17H2,1H3. The second-order valence-electron chi connectivity index (χ2n) is 4.24. The Kier molecular flexibility index (Phi) is 4.17. The van der Waals surface area contributed by atoms with Gasteiger partial charge in [0.25, 0.3) is 0 Å². The molecule has 1 aromatic carbocycles. The van der Waals surface area contributed by atoms with Crippen molar-refractivity contribution >= 4 is 11.6 Å². The van der Waals surface area contributed by atoms with Crippen molar-refractivity contribution in [3.63, 3.8) is 0 Å². The number of aromatic nitrogens is 2. The summed E-state index contributed by atoms with van der Waals surface area (Å²) in [5.41, 5.74) is 6.03. The fraction of sp³-hybridized carbons (Fsp3) is 0.308. The van der Waals surface area contributed by atoms with E-state index >= 15 is 0 Å². The maximum absolute atomic E-state index is 13.8. The summed E-state index contributed by atoms with van der Waals surface area (Å²) in [6.45, 7) is 2.73. The molecule has 0 bridgehead atoms. The van der Waals surface area contributed by atoms with Crippen LogP contribution < -0.4 is 5.73 Å². The third-order valence-electron chi connectivity index (χ3n) is 2.87. The number of hydrogen-bond donors (Lipinski definition) is 1. The van der Waals surface area contributed by atoms with Gasteiger partial charge < -0.3 is 10.3 Å². The fourth-order valence-electron chi connectivity index (χ4n) is 1.95. The lowest BCUT2D eigenvalue weighted by Gasteiger charge is -2.15. The van der Waals surface area contributed by atoms with Gasteiger partial charge in [0.1, 0.15) is 17.5 Å². The lowest BCUT2D eigenvalue weighted by molar-refractivity contribution is 0.557. The van der Waals surface area contributed by atoms with Crippen molar-refractivity contribution < 1.29 is 8.78 Å². The second-order valence-corrected chi connectivity index (χ2v) is 4.65. The monoisotopic (exact) mass is 285 g/mol. The number of nitrogens with zero attached hydrogens (tertiary/aromatic N) is 2. The van der Waals surface area contributed by atoms with Gasteiger partial charge in [-0.1, -0.05) is 18.5 Å². The van der Waals surface area contributed by atoms with Crippen LogP contribution in [0.1, 0.15) is 30.8 Å². The van der Waals surface area contributed by atoms with Crippen molar-refractivity contribution in [1.29, 1.82) is 0 Å². The number of nitrogens with two attached hydrogens (primary N) is 1. The summed E-state index contributed by atoms with van der Waals surface area (Å²) in [5.74, 6) is -0.825. The molecule has 2 rings (SSSR count). The third-order valence-corrected chi connectivity index (χ3v) is 3.15. The molecule has 102 valence electrons. The summed E-state index contributed by atoms with van der Waals surface area (Å²) >= 11 is 5.52. The minimum absolute atomic E-state index is 0.0467. The molecule has 1 unspecified atom stereocenters. The summed E-state index contributed by atoms with van der Waals surface area (Å²) in [5, 5.41) is -0.259. The second kappa shape index (κ2) is 5.67. The summed E-state index contributed by atoms with van der Waals surface area (Å²) in [7, 11) is 0. The summed E-state index contributed by atoms with van der Waals surface area (Å²) in [6.07, 6.45) is 4.26. The van der Waals surface area contributed by atoms with Gasteiger partial charge >= 0.3 is 0 Å². The van der Waals surface area contributed by atoms with E-state index in [4.69, 9.17) is 17.3 Å². The molecule has 0 radical (unpaired) electrons. The normalized spacial score (nSPS) is 12.7. The van der Waals surface area contributed by atoms with Crippen molar-refractivity contribution in [2.24, 2.45) is 5.73 Å². The Morgan fingerprint density at radius 2 is 2.11 bits per heavy atom. The summed E-state index contributed by atoms with van der Waals surface area (Å²) in [4.78, 5) is 4.12. The van der Waals surface area contributed by atoms with Gasteiger partial charge in [-0.25, -0.2) is 13.8 Å². The quantitative estimate of drug-likeness (QED) is 0.876. The number of hydrogen-bond acceptors (Lipinski definition) is 2. The first-order valence-electron chi connectivity index (χ1n) is 5.95. The van der Waals surface area contributed by atoms with Gasteiger partial charge in [0, 0.05) is 24.5 Å². The molecule has 0 fully saturated rings. The van der Waals surface area contributed by atoms with Crippen LogP contribution in [0.2, 0.25) is 5.02 Å². The first kappa shape index (κ1) is 14.0. The highest BCUT2D eigenvalue weighted by atomic mass is 35.5. The van der Waals surface area contributed by atoms with E-state index in [2.05, 4.69) is 4.98 Å². The minimum atomic E-state index is -0.826. The van der Waals surface area contributed by atoms with Crippen LogP contribution in [0.4, 0.5) is 8.78 Å². The van der Waals surface area contributed by atoms with E-state index in [1.54, 1.807) is 12.4 Å². The predicted molar refractivity (Wildman–Crippen MR) is 69.9 cm³/mol. The van der Waals surface area contributed by atoms with Crippen molar-refractivity contribution in [3.05, 3.63) is 52.6 Å². The SMILES string of the molecule is CCCn1ccnc1C(N)c1cc(F)c(Cl)cc1F. The van der Waals surface area contributed by atoms with Crippen LogP contribution in [0.15, 0.2) is 24.5 Å². The zero-order valence-corrected chi connectivity index (χ0v) is 11.2. The van der Waals surface area contributed by atoms with E-state index in [-0.39, 0.29) is 10.6 Å². The number of aryl methyl sites for hydroxylation is 1. The van der Waals surface area contributed by atoms with Crippen LogP contribution in [0.25, 0.3) is 0 Å². The largest absolute Gasteiger partial charge is 0.333 e. The molecule has 19 heavy (non-hydrogen) atoms. The van der Waals surface area contributed by atoms with Crippen LogP contribution in [0.3, 0.4) is 0 Å². The maximum atomic E-state index is 13.8. The van der Waals surface area contributed by atoms with Crippen LogP contribution in [-0.4, -0.2) is 9.55 Å². The molecule has 3 nitrogen and oxygen atoms in total. The average molecular weight is 286 g/mol. The van der Waals surface area contributed by atoms with Crippen molar-refractivity contribution in [2.45, 2.75) is 25.9 Å². The van der Waals surface area contributed by atoms with Crippen LogP contribution in [0.5, 0.6) is 0 Å². The zero-order chi connectivity index (χ0) is 14.0. The molecule has 0 aliphatic carbocycles. The van der Waals surface area contributed by atoms with E-state index in [9.17, 15) is 8.78 Å². The summed E-state index contributed by atoms with van der Waals surface area (Å²) < 4.78 is 29.1. The molecule has 0 aliphatic heterocycles. The van der Waals surface area contributed by atoms with E-state index in [0.29, 0.717) is 5.82 Å². The lowest BCUT2D eigenvalue weighted by Crippen LogP contribution is -2.19. The number of rotatable bonds is 4. The van der Waals surface area contributed by atoms with Gasteiger partial charge in [0.15, 0.2) is 0 Å². The van der Waals surface area contributed by atoms with Crippen molar-refractivity contribution in [3.8, 4) is 0 Å². The molecule has 2 N–H and O–H groups in total. The molecule has 0 spiro atoms. The Balaban J connectivity index is 2.41. The van der Waals surface area contributed by atoms with Crippen molar-refractivity contribution in [2.75, 3.05) is 0 Å². The van der Waals surface area contributed by atoms with Gasteiger partial charge in [0.05, 0.1) is 11.1 Å². The highest BCUT2D eigenvalue weighted by Crippen LogP contribution is 2.26. The van der Waals surface area contributed by atoms with Gasteiger partial charge in [-0.3, -0.25) is 0 Å². The average Bonchev–Trinajstić information content (AvgIpc) is 2.82. The van der Waals surface area contributed by atoms with E-state index < -0.39 is 17.7 Å². The van der Waals surface area contributed by atoms with E-state index in [0.717, 1.165) is 25.1 Å². The number of imidazole rings is 1. The molecule has 0 saturated heterocycles. The molecular formula is C13H14ClF2N3. The fourth-order valence-corrected chi connectivity index (χ4v) is 2.10. The molecule has 0 aliphatic rings. The van der Waals surface area contributed by atoms with Gasteiger partial charge in [-0.15, -0.1) is 0 Å². The lowest BCUT2D eigenvalue weighted by atomic mass is 10.1. The van der Waals surface area contributed by atoms with Gasteiger partial charge in [-0.2, -0.15) is 0 Å². The van der Waals surface area contributed by atoms with Gasteiger partial charge in [0.2, 0.25) is 0 Å². The Morgan fingerprint density at radius 1 is 1.37 bits per heavy atom. The molecule has 2 aromatic rings. The Morgan fingerprint density at radius 3 is 2.79 bits per heavy atom. The molecule has 0 amide bonds. The molecule has 6 heteroatoms. The number of halogens is 3. The topological polar surface area (TPSA) is 43.8 Å². The minimum Gasteiger partial charge on any atom is -0.333 e. The predicted octanol–water partition coefficient (Wildman–Crippen LogP) is 3.27. The highest BCUT2D eigenvalue weighted by Gasteiger charge is 2.20. The van der Waals surface area contributed by atoms with Crippen molar-refractivity contribution in [1.82, 2.24) is 9.55 Å². The van der Waals surface area contributed by atoms with Crippen LogP contribution in [0, 0.1) is 11.6 Å². The van der Waals surface area contributed by atoms with E-state index in [1.807, 2.05) is 11.5 Å². The Hall–Kier alpha value is -1.46. The molecule has 1 atom stereocenters. The third kappa shape index (κ3) is 2.77. The first-order chi connectivity index (χ1) is 9.04. The Labute approximate surface area is 115 Å². The first-order valence-corrected chi connectivity index (χ1v) is 6.33.